The van der Waals surface area contributed by atoms with Gasteiger partial charge in [0.1, 0.15) is 0 Å². The van der Waals surface area contributed by atoms with Crippen molar-refractivity contribution in [3.8, 4) is 0 Å². The number of hydrogen-bond acceptors (Lipinski definition) is 3. The first-order valence-corrected chi connectivity index (χ1v) is 8.82. The molecule has 134 valence electrons. The molecule has 0 aliphatic carbocycles. The Hall–Kier alpha value is -2.17. The van der Waals surface area contributed by atoms with Gasteiger partial charge < -0.3 is 15.4 Å². The van der Waals surface area contributed by atoms with Gasteiger partial charge in [0.25, 0.3) is 0 Å². The monoisotopic (exact) mass is 340 g/mol. The highest BCUT2D eigenvalue weighted by molar-refractivity contribution is 5.77. The summed E-state index contributed by atoms with van der Waals surface area (Å²) in [6, 6.07) is 19.8. The summed E-state index contributed by atoms with van der Waals surface area (Å²) >= 11 is 0. The molecule has 0 heterocycles. The van der Waals surface area contributed by atoms with Gasteiger partial charge in [-0.25, -0.2) is 0 Å². The van der Waals surface area contributed by atoms with E-state index in [1.165, 1.54) is 5.56 Å². The third kappa shape index (κ3) is 6.69. The van der Waals surface area contributed by atoms with Crippen LogP contribution in [0.5, 0.6) is 0 Å². The van der Waals surface area contributed by atoms with Crippen molar-refractivity contribution in [2.24, 2.45) is 5.73 Å². The van der Waals surface area contributed by atoms with Crippen molar-refractivity contribution >= 4 is 5.91 Å². The maximum absolute atomic E-state index is 12.7. The van der Waals surface area contributed by atoms with Crippen LogP contribution in [0.4, 0.5) is 0 Å². The lowest BCUT2D eigenvalue weighted by Gasteiger charge is -2.24. The van der Waals surface area contributed by atoms with Crippen LogP contribution in [0, 0.1) is 0 Å². The van der Waals surface area contributed by atoms with E-state index in [0.717, 1.165) is 24.9 Å². The van der Waals surface area contributed by atoms with Crippen LogP contribution in [0.25, 0.3) is 0 Å². The molecule has 0 aliphatic rings. The summed E-state index contributed by atoms with van der Waals surface area (Å²) in [5.74, 6) is 0.0847. The van der Waals surface area contributed by atoms with Crippen LogP contribution in [0.15, 0.2) is 60.7 Å². The Kier molecular flexibility index (Phi) is 8.16. The van der Waals surface area contributed by atoms with E-state index in [9.17, 15) is 4.79 Å². The van der Waals surface area contributed by atoms with Crippen LogP contribution in [-0.2, 0) is 16.0 Å². The molecule has 1 atom stereocenters. The Balaban J connectivity index is 1.87. The molecule has 0 aliphatic heterocycles. The van der Waals surface area contributed by atoms with Gasteiger partial charge in [0.15, 0.2) is 0 Å². The molecule has 25 heavy (non-hydrogen) atoms. The highest BCUT2D eigenvalue weighted by atomic mass is 16.5. The van der Waals surface area contributed by atoms with Crippen LogP contribution < -0.4 is 5.73 Å². The van der Waals surface area contributed by atoms with E-state index in [2.05, 4.69) is 12.1 Å². The van der Waals surface area contributed by atoms with Gasteiger partial charge in [0.05, 0.1) is 6.61 Å². The van der Waals surface area contributed by atoms with Gasteiger partial charge in [-0.1, -0.05) is 60.7 Å². The molecule has 0 radical (unpaired) electrons. The van der Waals surface area contributed by atoms with Crippen LogP contribution in [0.3, 0.4) is 0 Å². The fraction of sp³-hybridized carbons (Fsp3) is 0.381. The third-order valence-electron chi connectivity index (χ3n) is 4.28. The number of carbonyl (C=O) groups is 1. The zero-order valence-corrected chi connectivity index (χ0v) is 14.9. The Labute approximate surface area is 150 Å². The molecule has 2 N–H and O–H groups in total. The molecule has 2 rings (SSSR count). The lowest BCUT2D eigenvalue weighted by atomic mass is 10.0. The number of benzene rings is 2. The fourth-order valence-corrected chi connectivity index (χ4v) is 2.82. The van der Waals surface area contributed by atoms with Crippen LogP contribution >= 0.6 is 0 Å². The van der Waals surface area contributed by atoms with E-state index in [1.54, 1.807) is 7.11 Å². The zero-order chi connectivity index (χ0) is 17.9. The Bertz CT molecular complexity index is 616. The van der Waals surface area contributed by atoms with E-state index in [-0.39, 0.29) is 11.9 Å². The SMILES string of the molecule is COCCN(CCCc1ccccc1)C(=O)CC(N)c1ccccc1. The Morgan fingerprint density at radius 2 is 1.68 bits per heavy atom. The second-order valence-corrected chi connectivity index (χ2v) is 6.18. The van der Waals surface area contributed by atoms with E-state index >= 15 is 0 Å². The third-order valence-corrected chi connectivity index (χ3v) is 4.28. The maximum Gasteiger partial charge on any atom is 0.224 e. The molecule has 4 nitrogen and oxygen atoms in total. The second kappa shape index (κ2) is 10.6. The number of nitrogens with two attached hydrogens (primary N) is 1. The molecule has 0 spiro atoms. The summed E-state index contributed by atoms with van der Waals surface area (Å²) in [5.41, 5.74) is 8.49. The van der Waals surface area contributed by atoms with Crippen molar-refractivity contribution in [2.45, 2.75) is 25.3 Å². The summed E-state index contributed by atoms with van der Waals surface area (Å²) < 4.78 is 5.15. The number of aryl methyl sites for hydroxylation is 1. The number of hydrogen-bond donors (Lipinski definition) is 1. The number of carbonyl (C=O) groups excluding carboxylic acids is 1. The highest BCUT2D eigenvalue weighted by Crippen LogP contribution is 2.15. The largest absolute Gasteiger partial charge is 0.383 e. The summed E-state index contributed by atoms with van der Waals surface area (Å²) in [6.07, 6.45) is 2.21. The summed E-state index contributed by atoms with van der Waals surface area (Å²) in [6.45, 7) is 1.86. The molecule has 0 saturated heterocycles. The molecule has 2 aromatic rings. The minimum absolute atomic E-state index is 0.0847. The van der Waals surface area contributed by atoms with Gasteiger partial charge in [-0.15, -0.1) is 0 Å². The van der Waals surface area contributed by atoms with Crippen molar-refractivity contribution in [3.63, 3.8) is 0 Å². The van der Waals surface area contributed by atoms with Crippen molar-refractivity contribution in [1.29, 1.82) is 0 Å². The first-order chi connectivity index (χ1) is 12.2. The van der Waals surface area contributed by atoms with Gasteiger partial charge >= 0.3 is 0 Å². The van der Waals surface area contributed by atoms with Gasteiger partial charge in [-0.05, 0) is 24.0 Å². The van der Waals surface area contributed by atoms with E-state index < -0.39 is 0 Å². The molecule has 0 aromatic heterocycles. The number of nitrogens with zero attached hydrogens (tertiary/aromatic N) is 1. The molecule has 1 unspecified atom stereocenters. The molecule has 0 fully saturated rings. The highest BCUT2D eigenvalue weighted by Gasteiger charge is 2.17. The minimum Gasteiger partial charge on any atom is -0.383 e. The topological polar surface area (TPSA) is 55.6 Å². The quantitative estimate of drug-likeness (QED) is 0.723. The van der Waals surface area contributed by atoms with Crippen LogP contribution in [-0.4, -0.2) is 37.6 Å². The number of rotatable bonds is 10. The average Bonchev–Trinajstić information content (AvgIpc) is 2.66. The van der Waals surface area contributed by atoms with Crippen LogP contribution in [0.2, 0.25) is 0 Å². The van der Waals surface area contributed by atoms with Gasteiger partial charge in [0.2, 0.25) is 5.91 Å². The molecule has 0 saturated carbocycles. The van der Waals surface area contributed by atoms with Crippen LogP contribution in [0.1, 0.15) is 30.0 Å². The normalized spacial score (nSPS) is 11.9. The number of methoxy groups -OCH3 is 1. The fourth-order valence-electron chi connectivity index (χ4n) is 2.82. The lowest BCUT2D eigenvalue weighted by Crippen LogP contribution is -2.36. The summed E-state index contributed by atoms with van der Waals surface area (Å²) in [7, 11) is 1.66. The smallest absolute Gasteiger partial charge is 0.224 e. The van der Waals surface area contributed by atoms with Crippen molar-refractivity contribution in [2.75, 3.05) is 26.8 Å². The molecule has 2 aromatic carbocycles. The summed E-state index contributed by atoms with van der Waals surface area (Å²) in [4.78, 5) is 14.5. The molecule has 4 heteroatoms. The first kappa shape index (κ1) is 19.2. The molecular weight excluding hydrogens is 312 g/mol. The average molecular weight is 340 g/mol. The standard InChI is InChI=1S/C21H28N2O2/c1-25-16-15-23(14-8-11-18-9-4-2-5-10-18)21(24)17-20(22)19-12-6-3-7-13-19/h2-7,9-10,12-13,20H,8,11,14-17,22H2,1H3. The molecular formula is C21H28N2O2. The minimum atomic E-state index is -0.270. The first-order valence-electron chi connectivity index (χ1n) is 8.82. The van der Waals surface area contributed by atoms with Crippen molar-refractivity contribution in [1.82, 2.24) is 4.90 Å². The zero-order valence-electron chi connectivity index (χ0n) is 14.9. The molecule has 0 bridgehead atoms. The predicted molar refractivity (Wildman–Crippen MR) is 101 cm³/mol. The Morgan fingerprint density at radius 1 is 1.04 bits per heavy atom. The van der Waals surface area contributed by atoms with Gasteiger partial charge in [-0.2, -0.15) is 0 Å². The van der Waals surface area contributed by atoms with Gasteiger partial charge in [0, 0.05) is 32.7 Å². The van der Waals surface area contributed by atoms with Crippen molar-refractivity contribution in [3.05, 3.63) is 71.8 Å². The maximum atomic E-state index is 12.7. The molecule has 1 amide bonds. The van der Waals surface area contributed by atoms with Gasteiger partial charge in [-0.3, -0.25) is 4.79 Å². The lowest BCUT2D eigenvalue weighted by molar-refractivity contribution is -0.132. The Morgan fingerprint density at radius 3 is 2.32 bits per heavy atom. The number of ether oxygens (including phenoxy) is 1. The van der Waals surface area contributed by atoms with Crippen molar-refractivity contribution < 1.29 is 9.53 Å². The second-order valence-electron chi connectivity index (χ2n) is 6.18. The summed E-state index contributed by atoms with van der Waals surface area (Å²) in [5, 5.41) is 0. The van der Waals surface area contributed by atoms with E-state index in [4.69, 9.17) is 10.5 Å². The number of amides is 1. The predicted octanol–water partition coefficient (Wildman–Crippen LogP) is 3.18. The van der Waals surface area contributed by atoms with E-state index in [1.807, 2.05) is 53.4 Å². The van der Waals surface area contributed by atoms with E-state index in [0.29, 0.717) is 19.6 Å².